The van der Waals surface area contributed by atoms with Crippen LogP contribution in [0.2, 0.25) is 0 Å². The maximum Gasteiger partial charge on any atom is 0.315 e. The van der Waals surface area contributed by atoms with Crippen LogP contribution in [-0.4, -0.2) is 44.5 Å². The first-order valence-electron chi connectivity index (χ1n) is 4.36. The first kappa shape index (κ1) is 12.9. The minimum atomic E-state index is -0.484. The van der Waals surface area contributed by atoms with Gasteiger partial charge in [0.15, 0.2) is 6.29 Å². The van der Waals surface area contributed by atoms with E-state index in [4.69, 9.17) is 15.2 Å². The number of hydrogen-bond acceptors (Lipinski definition) is 3. The van der Waals surface area contributed by atoms with Crippen LogP contribution < -0.4 is 5.73 Å². The van der Waals surface area contributed by atoms with Gasteiger partial charge in [-0.15, -0.1) is 0 Å². The fourth-order valence-electron chi connectivity index (χ4n) is 0.912. The van der Waals surface area contributed by atoms with Crippen molar-refractivity contribution in [3.05, 3.63) is 12.2 Å². The first-order chi connectivity index (χ1) is 6.65. The van der Waals surface area contributed by atoms with Crippen LogP contribution in [-0.2, 0) is 9.47 Å². The molecule has 0 radical (unpaired) electrons. The summed E-state index contributed by atoms with van der Waals surface area (Å²) in [5.41, 5.74) is 5.18. The summed E-state index contributed by atoms with van der Waals surface area (Å²) >= 11 is 0. The molecule has 5 nitrogen and oxygen atoms in total. The Morgan fingerprint density at radius 1 is 1.50 bits per heavy atom. The molecule has 0 saturated heterocycles. The highest BCUT2D eigenvalue weighted by Crippen LogP contribution is 1.97. The summed E-state index contributed by atoms with van der Waals surface area (Å²) in [6.07, 6.45) is 3.25. The fraction of sp³-hybridized carbons (Fsp3) is 0.667. The molecule has 0 atom stereocenters. The lowest BCUT2D eigenvalue weighted by Gasteiger charge is -2.23. The van der Waals surface area contributed by atoms with Crippen molar-refractivity contribution in [2.45, 2.75) is 13.2 Å². The molecule has 0 aliphatic heterocycles. The number of nitrogens with zero attached hydrogens (tertiary/aromatic N) is 1. The lowest BCUT2D eigenvalue weighted by atomic mass is 10.4. The van der Waals surface area contributed by atoms with E-state index in [1.165, 1.54) is 19.1 Å². The molecule has 0 fully saturated rings. The molecule has 0 saturated carbocycles. The van der Waals surface area contributed by atoms with Crippen molar-refractivity contribution in [2.24, 2.45) is 5.73 Å². The number of nitrogens with two attached hydrogens (primary N) is 1. The molecule has 0 spiro atoms. The predicted molar refractivity (Wildman–Crippen MR) is 53.8 cm³/mol. The van der Waals surface area contributed by atoms with Gasteiger partial charge in [-0.05, 0) is 6.92 Å². The number of ether oxygens (including phenoxy) is 2. The Kier molecular flexibility index (Phi) is 6.78. The summed E-state index contributed by atoms with van der Waals surface area (Å²) in [6, 6.07) is -0.484. The monoisotopic (exact) mass is 202 g/mol. The molecule has 0 bridgehead atoms. The maximum absolute atomic E-state index is 11.0. The zero-order valence-electron chi connectivity index (χ0n) is 8.90. The van der Waals surface area contributed by atoms with Crippen molar-refractivity contribution >= 4 is 6.03 Å². The molecule has 2 N–H and O–H groups in total. The van der Waals surface area contributed by atoms with Gasteiger partial charge in [-0.2, -0.15) is 0 Å². The van der Waals surface area contributed by atoms with Gasteiger partial charge < -0.3 is 20.1 Å². The summed E-state index contributed by atoms with van der Waals surface area (Å²) in [6.45, 7) is 2.67. The second kappa shape index (κ2) is 7.34. The van der Waals surface area contributed by atoms with Crippen LogP contribution in [0.1, 0.15) is 6.92 Å². The smallest absolute Gasteiger partial charge is 0.315 e. The molecule has 5 heteroatoms. The molecular weight excluding hydrogens is 184 g/mol. The lowest BCUT2D eigenvalue weighted by molar-refractivity contribution is -0.110. The van der Waals surface area contributed by atoms with Crippen LogP contribution in [0, 0.1) is 0 Å². The molecule has 0 aromatic heterocycles. The highest BCUT2D eigenvalue weighted by atomic mass is 16.7. The van der Waals surface area contributed by atoms with E-state index in [9.17, 15) is 4.79 Å². The first-order valence-corrected chi connectivity index (χ1v) is 4.36. The molecule has 0 aromatic carbocycles. The van der Waals surface area contributed by atoms with Crippen LogP contribution in [0.5, 0.6) is 0 Å². The number of primary amides is 1. The quantitative estimate of drug-likeness (QED) is 0.505. The van der Waals surface area contributed by atoms with Crippen molar-refractivity contribution in [3.63, 3.8) is 0 Å². The van der Waals surface area contributed by atoms with E-state index in [0.29, 0.717) is 13.1 Å². The van der Waals surface area contributed by atoms with Crippen LogP contribution >= 0.6 is 0 Å². The van der Waals surface area contributed by atoms with Crippen molar-refractivity contribution < 1.29 is 14.3 Å². The zero-order chi connectivity index (χ0) is 11.0. The molecule has 0 aromatic rings. The summed E-state index contributed by atoms with van der Waals surface area (Å²) in [7, 11) is 3.03. The van der Waals surface area contributed by atoms with E-state index < -0.39 is 12.3 Å². The highest BCUT2D eigenvalue weighted by molar-refractivity contribution is 5.72. The fourth-order valence-corrected chi connectivity index (χ4v) is 0.912. The second-order valence-electron chi connectivity index (χ2n) is 2.71. The van der Waals surface area contributed by atoms with Gasteiger partial charge in [0.05, 0.1) is 6.54 Å². The highest BCUT2D eigenvalue weighted by Gasteiger charge is 2.14. The molecule has 14 heavy (non-hydrogen) atoms. The van der Waals surface area contributed by atoms with Crippen molar-refractivity contribution in [3.8, 4) is 0 Å². The van der Waals surface area contributed by atoms with Crippen molar-refractivity contribution in [1.29, 1.82) is 0 Å². The zero-order valence-corrected chi connectivity index (χ0v) is 8.90. The van der Waals surface area contributed by atoms with Gasteiger partial charge in [-0.3, -0.25) is 0 Å². The average molecular weight is 202 g/mol. The third-order valence-corrected chi connectivity index (χ3v) is 1.77. The standard InChI is InChI=1S/C9H18N2O3/c1-4-5-6-11(9(10)12)7-8(13-2)14-3/h4-5,8H,6-7H2,1-3H3,(H2,10,12). The van der Waals surface area contributed by atoms with E-state index in [1.54, 1.807) is 0 Å². The Morgan fingerprint density at radius 2 is 2.07 bits per heavy atom. The molecule has 0 heterocycles. The third-order valence-electron chi connectivity index (χ3n) is 1.77. The number of methoxy groups -OCH3 is 2. The van der Waals surface area contributed by atoms with E-state index in [2.05, 4.69) is 0 Å². The van der Waals surface area contributed by atoms with Gasteiger partial charge in [0.1, 0.15) is 0 Å². The average Bonchev–Trinajstić information content (AvgIpc) is 2.18. The van der Waals surface area contributed by atoms with Gasteiger partial charge in [0.25, 0.3) is 0 Å². The largest absolute Gasteiger partial charge is 0.354 e. The van der Waals surface area contributed by atoms with Gasteiger partial charge in [0, 0.05) is 20.8 Å². The number of carbonyl (C=O) groups is 1. The number of amides is 2. The van der Waals surface area contributed by atoms with E-state index in [-0.39, 0.29) is 0 Å². The number of hydrogen-bond donors (Lipinski definition) is 1. The molecule has 0 rings (SSSR count). The van der Waals surface area contributed by atoms with Crippen molar-refractivity contribution in [1.82, 2.24) is 4.90 Å². The Morgan fingerprint density at radius 3 is 2.43 bits per heavy atom. The van der Waals surface area contributed by atoms with Gasteiger partial charge in [0.2, 0.25) is 0 Å². The van der Waals surface area contributed by atoms with E-state index >= 15 is 0 Å². The summed E-state index contributed by atoms with van der Waals surface area (Å²) < 4.78 is 9.93. The van der Waals surface area contributed by atoms with Gasteiger partial charge in [-0.25, -0.2) is 4.79 Å². The van der Waals surface area contributed by atoms with Gasteiger partial charge >= 0.3 is 6.03 Å². The molecule has 82 valence electrons. The van der Waals surface area contributed by atoms with Crippen LogP contribution in [0.25, 0.3) is 0 Å². The van der Waals surface area contributed by atoms with Crippen molar-refractivity contribution in [2.75, 3.05) is 27.3 Å². The van der Waals surface area contributed by atoms with Crippen LogP contribution in [0.4, 0.5) is 4.79 Å². The number of urea groups is 1. The Hall–Kier alpha value is -1.07. The Bertz CT molecular complexity index is 190. The molecule has 2 amide bonds. The second-order valence-corrected chi connectivity index (χ2v) is 2.71. The lowest BCUT2D eigenvalue weighted by Crippen LogP contribution is -2.42. The normalized spacial score (nSPS) is 11.1. The Labute approximate surface area is 84.5 Å². The Balaban J connectivity index is 4.13. The molecular formula is C9H18N2O3. The molecule has 0 aliphatic rings. The summed E-state index contributed by atoms with van der Waals surface area (Å²) in [5, 5.41) is 0. The summed E-state index contributed by atoms with van der Waals surface area (Å²) in [5.74, 6) is 0. The SMILES string of the molecule is CC=CCN(CC(OC)OC)C(N)=O. The van der Waals surface area contributed by atoms with E-state index in [0.717, 1.165) is 0 Å². The molecule has 0 aliphatic carbocycles. The number of carbonyl (C=O) groups excluding carboxylic acids is 1. The van der Waals surface area contributed by atoms with Crippen LogP contribution in [0.15, 0.2) is 12.2 Å². The third kappa shape index (κ3) is 4.84. The van der Waals surface area contributed by atoms with E-state index in [1.807, 2.05) is 19.1 Å². The van der Waals surface area contributed by atoms with Crippen LogP contribution in [0.3, 0.4) is 0 Å². The minimum Gasteiger partial charge on any atom is -0.354 e. The predicted octanol–water partition coefficient (Wildman–Crippen LogP) is 0.562. The topological polar surface area (TPSA) is 64.8 Å². The summed E-state index contributed by atoms with van der Waals surface area (Å²) in [4.78, 5) is 12.4. The molecule has 0 unspecified atom stereocenters. The van der Waals surface area contributed by atoms with Gasteiger partial charge in [-0.1, -0.05) is 12.2 Å². The minimum absolute atomic E-state index is 0.326. The maximum atomic E-state index is 11.0. The number of rotatable bonds is 6. The number of allylic oxidation sites excluding steroid dienone is 1.